The predicted octanol–water partition coefficient (Wildman–Crippen LogP) is -1.03. The maximum atomic E-state index is 11.8. The summed E-state index contributed by atoms with van der Waals surface area (Å²) in [5.74, 6) is -0.524. The van der Waals surface area contributed by atoms with E-state index < -0.39 is 25.4 Å². The summed E-state index contributed by atoms with van der Waals surface area (Å²) in [6.45, 7) is 2.18. The van der Waals surface area contributed by atoms with Gasteiger partial charge in [0.2, 0.25) is 5.91 Å². The standard InChI is InChI=1S/C12H26N2O4/c1-9(4-3-5-10(2)13)11(18)14-12(6-15,7-16)8-17/h9-10,15-17H,3-8,13H2,1-2H3,(H,14,18). The first-order valence-electron chi connectivity index (χ1n) is 6.31. The highest BCUT2D eigenvalue weighted by atomic mass is 16.3. The van der Waals surface area contributed by atoms with Crippen LogP contribution in [0.4, 0.5) is 0 Å². The van der Waals surface area contributed by atoms with Crippen LogP contribution in [0.15, 0.2) is 0 Å². The lowest BCUT2D eigenvalue weighted by Crippen LogP contribution is -2.58. The van der Waals surface area contributed by atoms with Gasteiger partial charge < -0.3 is 26.4 Å². The Bertz CT molecular complexity index is 234. The number of rotatable bonds is 9. The van der Waals surface area contributed by atoms with Gasteiger partial charge in [-0.2, -0.15) is 0 Å². The zero-order valence-electron chi connectivity index (χ0n) is 11.2. The minimum atomic E-state index is -1.34. The summed E-state index contributed by atoms with van der Waals surface area (Å²) >= 11 is 0. The number of carbonyl (C=O) groups excluding carboxylic acids is 1. The third kappa shape index (κ3) is 5.77. The van der Waals surface area contributed by atoms with Crippen molar-refractivity contribution < 1.29 is 20.1 Å². The molecule has 0 fully saturated rings. The molecule has 0 aliphatic rings. The van der Waals surface area contributed by atoms with Crippen LogP contribution in [0.2, 0.25) is 0 Å². The summed E-state index contributed by atoms with van der Waals surface area (Å²) in [6, 6.07) is 0.117. The highest BCUT2D eigenvalue weighted by molar-refractivity contribution is 5.79. The zero-order valence-corrected chi connectivity index (χ0v) is 11.2. The van der Waals surface area contributed by atoms with Crippen LogP contribution >= 0.6 is 0 Å². The van der Waals surface area contributed by atoms with Crippen LogP contribution in [0.5, 0.6) is 0 Å². The van der Waals surface area contributed by atoms with Gasteiger partial charge in [-0.15, -0.1) is 0 Å². The molecule has 6 heteroatoms. The van der Waals surface area contributed by atoms with E-state index in [1.807, 2.05) is 6.92 Å². The number of hydrogen-bond donors (Lipinski definition) is 5. The summed E-state index contributed by atoms with van der Waals surface area (Å²) in [4.78, 5) is 11.8. The van der Waals surface area contributed by atoms with Crippen molar-refractivity contribution >= 4 is 5.91 Å². The molecule has 0 saturated carbocycles. The molecular formula is C12H26N2O4. The molecule has 0 saturated heterocycles. The second-order valence-corrected chi connectivity index (χ2v) is 5.05. The molecule has 2 unspecified atom stereocenters. The van der Waals surface area contributed by atoms with E-state index in [1.165, 1.54) is 0 Å². The quantitative estimate of drug-likeness (QED) is 0.364. The lowest BCUT2D eigenvalue weighted by atomic mass is 9.98. The molecule has 0 aromatic heterocycles. The Balaban J connectivity index is 4.21. The average Bonchev–Trinajstić information content (AvgIpc) is 2.35. The number of hydrogen-bond acceptors (Lipinski definition) is 5. The van der Waals surface area contributed by atoms with E-state index in [2.05, 4.69) is 5.32 Å². The van der Waals surface area contributed by atoms with E-state index in [0.717, 1.165) is 12.8 Å². The fourth-order valence-corrected chi connectivity index (χ4v) is 1.53. The van der Waals surface area contributed by atoms with Crippen molar-refractivity contribution in [2.75, 3.05) is 19.8 Å². The van der Waals surface area contributed by atoms with Crippen LogP contribution in [0, 0.1) is 5.92 Å². The summed E-state index contributed by atoms with van der Waals surface area (Å²) in [6.07, 6.45) is 2.38. The fraction of sp³-hybridized carbons (Fsp3) is 0.917. The van der Waals surface area contributed by atoms with Gasteiger partial charge in [-0.05, 0) is 19.8 Å². The van der Waals surface area contributed by atoms with E-state index in [1.54, 1.807) is 6.92 Å². The molecule has 0 rings (SSSR count). The van der Waals surface area contributed by atoms with Crippen molar-refractivity contribution in [1.29, 1.82) is 0 Å². The number of carbonyl (C=O) groups is 1. The molecule has 0 aromatic carbocycles. The minimum absolute atomic E-state index is 0.117. The second kappa shape index (κ2) is 8.42. The second-order valence-electron chi connectivity index (χ2n) is 5.05. The van der Waals surface area contributed by atoms with Gasteiger partial charge in [0, 0.05) is 12.0 Å². The Morgan fingerprint density at radius 1 is 1.17 bits per heavy atom. The predicted molar refractivity (Wildman–Crippen MR) is 68.8 cm³/mol. The molecule has 6 N–H and O–H groups in total. The van der Waals surface area contributed by atoms with Crippen LogP contribution in [0.25, 0.3) is 0 Å². The average molecular weight is 262 g/mol. The van der Waals surface area contributed by atoms with Crippen molar-refractivity contribution in [3.8, 4) is 0 Å². The minimum Gasteiger partial charge on any atom is -0.394 e. The van der Waals surface area contributed by atoms with E-state index >= 15 is 0 Å². The summed E-state index contributed by atoms with van der Waals surface area (Å²) in [5, 5.41) is 29.8. The van der Waals surface area contributed by atoms with Gasteiger partial charge in [0.1, 0.15) is 5.54 Å². The summed E-state index contributed by atoms with van der Waals surface area (Å²) < 4.78 is 0. The Hall–Kier alpha value is -0.690. The molecule has 108 valence electrons. The largest absolute Gasteiger partial charge is 0.394 e. The van der Waals surface area contributed by atoms with Crippen LogP contribution < -0.4 is 11.1 Å². The number of amides is 1. The van der Waals surface area contributed by atoms with Crippen LogP contribution in [0.3, 0.4) is 0 Å². The van der Waals surface area contributed by atoms with Gasteiger partial charge >= 0.3 is 0 Å². The van der Waals surface area contributed by atoms with Crippen molar-refractivity contribution in [2.24, 2.45) is 11.7 Å². The van der Waals surface area contributed by atoms with E-state index in [4.69, 9.17) is 21.1 Å². The molecule has 0 aliphatic heterocycles. The molecule has 1 amide bonds. The normalized spacial score (nSPS) is 15.2. The number of aliphatic hydroxyl groups excluding tert-OH is 3. The molecular weight excluding hydrogens is 236 g/mol. The van der Waals surface area contributed by atoms with E-state index in [-0.39, 0.29) is 17.9 Å². The Morgan fingerprint density at radius 2 is 1.67 bits per heavy atom. The smallest absolute Gasteiger partial charge is 0.223 e. The van der Waals surface area contributed by atoms with Crippen molar-refractivity contribution in [1.82, 2.24) is 5.32 Å². The van der Waals surface area contributed by atoms with Gasteiger partial charge in [0.15, 0.2) is 0 Å². The monoisotopic (exact) mass is 262 g/mol. The highest BCUT2D eigenvalue weighted by Gasteiger charge is 2.31. The van der Waals surface area contributed by atoms with Gasteiger partial charge in [-0.1, -0.05) is 13.3 Å². The maximum absolute atomic E-state index is 11.8. The molecule has 0 spiro atoms. The lowest BCUT2D eigenvalue weighted by molar-refractivity contribution is -0.129. The van der Waals surface area contributed by atoms with Crippen LogP contribution in [0.1, 0.15) is 33.1 Å². The maximum Gasteiger partial charge on any atom is 0.223 e. The highest BCUT2D eigenvalue weighted by Crippen LogP contribution is 2.11. The summed E-state index contributed by atoms with van der Waals surface area (Å²) in [5.41, 5.74) is 4.28. The lowest BCUT2D eigenvalue weighted by Gasteiger charge is -2.30. The molecule has 18 heavy (non-hydrogen) atoms. The first kappa shape index (κ1) is 17.3. The Morgan fingerprint density at radius 3 is 2.06 bits per heavy atom. The van der Waals surface area contributed by atoms with Gasteiger partial charge in [-0.25, -0.2) is 0 Å². The molecule has 0 heterocycles. The van der Waals surface area contributed by atoms with Crippen LogP contribution in [-0.4, -0.2) is 52.6 Å². The molecule has 0 bridgehead atoms. The first-order valence-corrected chi connectivity index (χ1v) is 6.31. The molecule has 0 aliphatic carbocycles. The molecule has 2 atom stereocenters. The SMILES string of the molecule is CC(N)CCCC(C)C(=O)NC(CO)(CO)CO. The topological polar surface area (TPSA) is 116 Å². The Kier molecular flexibility index (Phi) is 8.10. The molecule has 0 aromatic rings. The van der Waals surface area contributed by atoms with Crippen molar-refractivity contribution in [2.45, 2.75) is 44.7 Å². The van der Waals surface area contributed by atoms with Crippen LogP contribution in [-0.2, 0) is 4.79 Å². The van der Waals surface area contributed by atoms with Crippen molar-refractivity contribution in [3.05, 3.63) is 0 Å². The molecule has 0 radical (unpaired) electrons. The number of nitrogens with two attached hydrogens (primary N) is 1. The van der Waals surface area contributed by atoms with Crippen molar-refractivity contribution in [3.63, 3.8) is 0 Å². The third-order valence-corrected chi connectivity index (χ3v) is 3.04. The van der Waals surface area contributed by atoms with Gasteiger partial charge in [0.25, 0.3) is 0 Å². The summed E-state index contributed by atoms with van der Waals surface area (Å²) in [7, 11) is 0. The molecule has 6 nitrogen and oxygen atoms in total. The first-order chi connectivity index (χ1) is 8.40. The zero-order chi connectivity index (χ0) is 14.2. The number of aliphatic hydroxyl groups is 3. The van der Waals surface area contributed by atoms with Gasteiger partial charge in [0.05, 0.1) is 19.8 Å². The Labute approximate surface area is 108 Å². The number of nitrogens with one attached hydrogen (secondary N) is 1. The van der Waals surface area contributed by atoms with E-state index in [9.17, 15) is 4.79 Å². The fourth-order valence-electron chi connectivity index (χ4n) is 1.53. The van der Waals surface area contributed by atoms with E-state index in [0.29, 0.717) is 6.42 Å². The van der Waals surface area contributed by atoms with Gasteiger partial charge in [-0.3, -0.25) is 4.79 Å². The third-order valence-electron chi connectivity index (χ3n) is 3.04.